The number of aromatic carboxylic acids is 1. The van der Waals surface area contributed by atoms with Gasteiger partial charge in [0.25, 0.3) is 0 Å². The summed E-state index contributed by atoms with van der Waals surface area (Å²) >= 11 is 0.983. The highest BCUT2D eigenvalue weighted by molar-refractivity contribution is 7.21. The van der Waals surface area contributed by atoms with Crippen LogP contribution in [0.1, 0.15) is 38.1 Å². The van der Waals surface area contributed by atoms with Crippen molar-refractivity contribution in [2.75, 3.05) is 5.73 Å². The van der Waals surface area contributed by atoms with Crippen LogP contribution in [0.3, 0.4) is 0 Å². The molecule has 0 saturated heterocycles. The number of carboxylic acids is 1. The summed E-state index contributed by atoms with van der Waals surface area (Å²) in [7, 11) is 0. The number of carbonyl (C=O) groups excluding carboxylic acids is 1. The number of carbonyl (C=O) groups is 2. The second-order valence-electron chi connectivity index (χ2n) is 7.77. The fourth-order valence-corrected chi connectivity index (χ4v) is 5.43. The van der Waals surface area contributed by atoms with Gasteiger partial charge in [-0.1, -0.05) is 24.3 Å². The number of para-hydroxylation sites is 1. The Balaban J connectivity index is 1.70. The highest BCUT2D eigenvalue weighted by atomic mass is 32.1. The number of nitrogen functional groups attached to an aromatic ring is 1. The predicted molar refractivity (Wildman–Crippen MR) is 123 cm³/mol. The molecule has 1 aliphatic carbocycles. The number of Topliss-reactive ketones (excluding diaryl/α,β-unsaturated/α-hetero) is 1. The van der Waals surface area contributed by atoms with Gasteiger partial charge in [-0.2, -0.15) is 4.98 Å². The second-order valence-corrected chi connectivity index (χ2v) is 8.79. The van der Waals surface area contributed by atoms with E-state index in [1.54, 1.807) is 31.2 Å². The van der Waals surface area contributed by atoms with Gasteiger partial charge in [-0.25, -0.2) is 9.78 Å². The van der Waals surface area contributed by atoms with E-state index in [0.717, 1.165) is 11.3 Å². The zero-order chi connectivity index (χ0) is 23.5. The molecular formula is C23H19N5O4S. The van der Waals surface area contributed by atoms with E-state index in [9.17, 15) is 14.7 Å². The number of aromatic nitrogens is 2. The molecule has 7 N–H and O–H groups in total. The summed E-state index contributed by atoms with van der Waals surface area (Å²) in [5, 5.41) is 10.2. The van der Waals surface area contributed by atoms with Crippen molar-refractivity contribution in [2.24, 2.45) is 11.5 Å². The summed E-state index contributed by atoms with van der Waals surface area (Å²) in [5.41, 5.74) is 19.3. The number of hydrogen-bond donors (Lipinski definition) is 4. The van der Waals surface area contributed by atoms with Crippen LogP contribution in [0.15, 0.2) is 48.7 Å². The molecular weight excluding hydrogens is 442 g/mol. The molecule has 0 saturated carbocycles. The molecule has 33 heavy (non-hydrogen) atoms. The van der Waals surface area contributed by atoms with Crippen LogP contribution in [0.5, 0.6) is 11.8 Å². The first-order valence-electron chi connectivity index (χ1n) is 9.98. The molecule has 0 amide bonds. The number of carboxylic acid groups (broad SMARTS) is 1. The quantitative estimate of drug-likeness (QED) is 0.334. The Bertz CT molecular complexity index is 1450. The summed E-state index contributed by atoms with van der Waals surface area (Å²) in [6.07, 6.45) is 1.45. The van der Waals surface area contributed by atoms with Gasteiger partial charge < -0.3 is 27.0 Å². The molecule has 9 nitrogen and oxygen atoms in total. The molecule has 2 atom stereocenters. The van der Waals surface area contributed by atoms with Crippen LogP contribution in [-0.4, -0.2) is 26.8 Å². The number of aryl methyl sites for hydroxylation is 1. The van der Waals surface area contributed by atoms with Crippen LogP contribution in [0, 0.1) is 6.92 Å². The predicted octanol–water partition coefficient (Wildman–Crippen LogP) is 2.86. The van der Waals surface area contributed by atoms with E-state index in [4.69, 9.17) is 21.9 Å². The standard InChI is InChI=1S/C23H19N5O4S/c1-10-13(9-27-22(28-10)32-11-5-3-2-4-6-11)23(26)12-7-8-14(24)18-15(12)16(17(25)20(23)29)19(33-18)21(30)31/h2-9,17H,24-26H2,1H3,(H,30,31). The van der Waals surface area contributed by atoms with Crippen molar-refractivity contribution in [3.8, 4) is 11.8 Å². The fourth-order valence-electron chi connectivity index (χ4n) is 4.29. The number of benzene rings is 2. The first-order chi connectivity index (χ1) is 15.7. The number of rotatable bonds is 4. The Hall–Kier alpha value is -3.86. The van der Waals surface area contributed by atoms with E-state index in [-0.39, 0.29) is 16.5 Å². The van der Waals surface area contributed by atoms with Gasteiger partial charge in [-0.05, 0) is 30.7 Å². The number of ketones is 1. The van der Waals surface area contributed by atoms with E-state index < -0.39 is 23.3 Å². The van der Waals surface area contributed by atoms with E-state index in [1.165, 1.54) is 6.20 Å². The van der Waals surface area contributed by atoms with Crippen molar-refractivity contribution in [2.45, 2.75) is 18.5 Å². The monoisotopic (exact) mass is 461 g/mol. The summed E-state index contributed by atoms with van der Waals surface area (Å²) < 4.78 is 6.22. The molecule has 2 heterocycles. The lowest BCUT2D eigenvalue weighted by molar-refractivity contribution is -0.124. The Labute approximate surface area is 191 Å². The third-order valence-electron chi connectivity index (χ3n) is 5.84. The molecule has 0 aliphatic heterocycles. The van der Waals surface area contributed by atoms with Crippen molar-refractivity contribution in [1.82, 2.24) is 9.97 Å². The SMILES string of the molecule is Cc1nc(Oc2ccccc2)ncc1C1(N)C(=O)C(N)c2c(C(=O)O)sc3c(N)ccc1c23. The lowest BCUT2D eigenvalue weighted by Gasteiger charge is -2.36. The van der Waals surface area contributed by atoms with E-state index in [1.807, 2.05) is 18.2 Å². The number of thiophene rings is 1. The largest absolute Gasteiger partial charge is 0.477 e. The van der Waals surface area contributed by atoms with Crippen LogP contribution in [0.25, 0.3) is 10.1 Å². The minimum atomic E-state index is -1.69. The van der Waals surface area contributed by atoms with E-state index in [0.29, 0.717) is 38.3 Å². The summed E-state index contributed by atoms with van der Waals surface area (Å²) in [6, 6.07) is 11.1. The Morgan fingerprint density at radius 3 is 2.58 bits per heavy atom. The zero-order valence-corrected chi connectivity index (χ0v) is 18.2. The molecule has 10 heteroatoms. The minimum absolute atomic E-state index is 0.0216. The third-order valence-corrected chi connectivity index (χ3v) is 7.08. The molecule has 166 valence electrons. The number of anilines is 1. The molecule has 2 aromatic carbocycles. The maximum atomic E-state index is 13.6. The third kappa shape index (κ3) is 2.99. The van der Waals surface area contributed by atoms with Gasteiger partial charge in [-0.3, -0.25) is 4.79 Å². The smallest absolute Gasteiger partial charge is 0.346 e. The van der Waals surface area contributed by atoms with E-state index in [2.05, 4.69) is 9.97 Å². The highest BCUT2D eigenvalue weighted by Gasteiger charge is 2.49. The van der Waals surface area contributed by atoms with Crippen LogP contribution < -0.4 is 21.9 Å². The summed E-state index contributed by atoms with van der Waals surface area (Å²) in [5.74, 6) is -1.16. The minimum Gasteiger partial charge on any atom is -0.477 e. The van der Waals surface area contributed by atoms with Gasteiger partial charge >= 0.3 is 12.0 Å². The average Bonchev–Trinajstić information content (AvgIpc) is 3.20. The average molecular weight is 462 g/mol. The van der Waals surface area contributed by atoms with Crippen molar-refractivity contribution in [3.63, 3.8) is 0 Å². The van der Waals surface area contributed by atoms with Crippen molar-refractivity contribution in [1.29, 1.82) is 0 Å². The van der Waals surface area contributed by atoms with Gasteiger partial charge in [0, 0.05) is 28.4 Å². The molecule has 2 unspecified atom stereocenters. The Morgan fingerprint density at radius 1 is 1.18 bits per heavy atom. The van der Waals surface area contributed by atoms with Crippen LogP contribution in [0.2, 0.25) is 0 Å². The Morgan fingerprint density at radius 2 is 1.91 bits per heavy atom. The zero-order valence-electron chi connectivity index (χ0n) is 17.4. The lowest BCUT2D eigenvalue weighted by atomic mass is 9.70. The first kappa shape index (κ1) is 21.0. The summed E-state index contributed by atoms with van der Waals surface area (Å²) in [4.78, 5) is 34.1. The van der Waals surface area contributed by atoms with Crippen molar-refractivity contribution in [3.05, 3.63) is 75.9 Å². The van der Waals surface area contributed by atoms with Crippen LogP contribution in [0.4, 0.5) is 5.69 Å². The van der Waals surface area contributed by atoms with Gasteiger partial charge in [0.15, 0.2) is 5.78 Å². The molecule has 5 rings (SSSR count). The van der Waals surface area contributed by atoms with Crippen LogP contribution in [-0.2, 0) is 10.3 Å². The maximum Gasteiger partial charge on any atom is 0.346 e. The molecule has 0 radical (unpaired) electrons. The molecule has 4 aromatic rings. The van der Waals surface area contributed by atoms with Gasteiger partial charge in [0.1, 0.15) is 16.2 Å². The lowest BCUT2D eigenvalue weighted by Crippen LogP contribution is -2.53. The molecule has 0 bridgehead atoms. The van der Waals surface area contributed by atoms with E-state index >= 15 is 0 Å². The van der Waals surface area contributed by atoms with Gasteiger partial charge in [0.05, 0.1) is 16.4 Å². The second kappa shape index (κ2) is 7.34. The number of hydrogen-bond acceptors (Lipinski definition) is 9. The van der Waals surface area contributed by atoms with Crippen molar-refractivity contribution >= 4 is 38.9 Å². The molecule has 0 fully saturated rings. The fraction of sp³-hybridized carbons (Fsp3) is 0.130. The van der Waals surface area contributed by atoms with Crippen LogP contribution >= 0.6 is 11.3 Å². The first-order valence-corrected chi connectivity index (χ1v) is 10.8. The molecule has 1 aliphatic rings. The Kier molecular flexibility index (Phi) is 4.67. The molecule has 2 aromatic heterocycles. The summed E-state index contributed by atoms with van der Waals surface area (Å²) in [6.45, 7) is 1.70. The highest BCUT2D eigenvalue weighted by Crippen LogP contribution is 2.49. The molecule has 0 spiro atoms. The van der Waals surface area contributed by atoms with Crippen molar-refractivity contribution < 1.29 is 19.4 Å². The number of ether oxygens (including phenoxy) is 1. The maximum absolute atomic E-state index is 13.6. The number of nitrogens with two attached hydrogens (primary N) is 3. The van der Waals surface area contributed by atoms with Gasteiger partial charge in [-0.15, -0.1) is 11.3 Å². The van der Waals surface area contributed by atoms with Gasteiger partial charge in [0.2, 0.25) is 0 Å². The number of nitrogens with zero attached hydrogens (tertiary/aromatic N) is 2. The topological polar surface area (TPSA) is 167 Å². The normalized spacial score (nSPS) is 19.6.